The summed E-state index contributed by atoms with van der Waals surface area (Å²) >= 11 is 5.83. The average Bonchev–Trinajstić information content (AvgIpc) is 2.34. The van der Waals surface area contributed by atoms with Gasteiger partial charge in [0.25, 0.3) is 0 Å². The maximum atomic E-state index is 11.1. The van der Waals surface area contributed by atoms with Crippen LogP contribution < -0.4 is 15.8 Å². The molecule has 0 aromatic heterocycles. The summed E-state index contributed by atoms with van der Waals surface area (Å²) in [6.45, 7) is 1.44. The van der Waals surface area contributed by atoms with E-state index in [-0.39, 0.29) is 5.91 Å². The number of benzene rings is 2. The number of halogens is 1. The molecule has 5 heteroatoms. The molecule has 19 heavy (non-hydrogen) atoms. The van der Waals surface area contributed by atoms with Crippen LogP contribution in [0.4, 0.5) is 11.4 Å². The molecule has 0 radical (unpaired) electrons. The van der Waals surface area contributed by atoms with Gasteiger partial charge >= 0.3 is 0 Å². The SMILES string of the molecule is CC(=O)Nc1ccccc1Oc1ccc(Cl)cc1N. The average molecular weight is 277 g/mol. The normalized spacial score (nSPS) is 10.0. The molecule has 2 aromatic carbocycles. The highest BCUT2D eigenvalue weighted by atomic mass is 35.5. The number of nitrogens with one attached hydrogen (secondary N) is 1. The zero-order valence-corrected chi connectivity index (χ0v) is 11.1. The summed E-state index contributed by atoms with van der Waals surface area (Å²) < 4.78 is 5.70. The minimum Gasteiger partial charge on any atom is -0.453 e. The highest BCUT2D eigenvalue weighted by Gasteiger charge is 2.08. The van der Waals surface area contributed by atoms with Crippen molar-refractivity contribution in [3.05, 3.63) is 47.5 Å². The molecule has 4 nitrogen and oxygen atoms in total. The van der Waals surface area contributed by atoms with E-state index in [0.717, 1.165) is 0 Å². The Hall–Kier alpha value is -2.20. The van der Waals surface area contributed by atoms with Crippen molar-refractivity contribution in [3.63, 3.8) is 0 Å². The zero-order chi connectivity index (χ0) is 13.8. The van der Waals surface area contributed by atoms with Crippen molar-refractivity contribution >= 4 is 28.9 Å². The Balaban J connectivity index is 2.30. The van der Waals surface area contributed by atoms with Crippen molar-refractivity contribution in [3.8, 4) is 11.5 Å². The molecule has 0 fully saturated rings. The first-order valence-corrected chi connectivity index (χ1v) is 6.03. The summed E-state index contributed by atoms with van der Waals surface area (Å²) in [5.74, 6) is 0.842. The van der Waals surface area contributed by atoms with Crippen LogP contribution in [0.25, 0.3) is 0 Å². The number of hydrogen-bond acceptors (Lipinski definition) is 3. The maximum Gasteiger partial charge on any atom is 0.221 e. The van der Waals surface area contributed by atoms with Crippen LogP contribution in [0.1, 0.15) is 6.92 Å². The predicted molar refractivity (Wildman–Crippen MR) is 76.7 cm³/mol. The molecule has 98 valence electrons. The van der Waals surface area contributed by atoms with Crippen molar-refractivity contribution < 1.29 is 9.53 Å². The summed E-state index contributed by atoms with van der Waals surface area (Å²) in [5, 5.41) is 3.24. The van der Waals surface area contributed by atoms with Gasteiger partial charge in [-0.05, 0) is 30.3 Å². The third kappa shape index (κ3) is 3.39. The Morgan fingerprint density at radius 3 is 2.63 bits per heavy atom. The van der Waals surface area contributed by atoms with E-state index in [1.165, 1.54) is 6.92 Å². The Morgan fingerprint density at radius 2 is 1.95 bits per heavy atom. The molecule has 0 atom stereocenters. The molecule has 2 aromatic rings. The van der Waals surface area contributed by atoms with Gasteiger partial charge in [0.2, 0.25) is 5.91 Å². The van der Waals surface area contributed by atoms with E-state index in [1.807, 2.05) is 12.1 Å². The van der Waals surface area contributed by atoms with Crippen molar-refractivity contribution in [1.82, 2.24) is 0 Å². The van der Waals surface area contributed by atoms with Gasteiger partial charge in [-0.25, -0.2) is 0 Å². The molecule has 0 aliphatic rings. The number of anilines is 2. The first-order valence-electron chi connectivity index (χ1n) is 5.66. The van der Waals surface area contributed by atoms with Crippen LogP contribution in [-0.2, 0) is 4.79 Å². The van der Waals surface area contributed by atoms with Gasteiger partial charge in [0, 0.05) is 11.9 Å². The minimum absolute atomic E-state index is 0.167. The topological polar surface area (TPSA) is 64.3 Å². The number of rotatable bonds is 3. The molecule has 0 unspecified atom stereocenters. The molecular weight excluding hydrogens is 264 g/mol. The Bertz CT molecular complexity index is 614. The standard InChI is InChI=1S/C14H13ClN2O2/c1-9(18)17-12-4-2-3-5-14(12)19-13-7-6-10(15)8-11(13)16/h2-8H,16H2,1H3,(H,17,18). The lowest BCUT2D eigenvalue weighted by atomic mass is 10.2. The Morgan fingerprint density at radius 1 is 1.21 bits per heavy atom. The van der Waals surface area contributed by atoms with E-state index in [9.17, 15) is 4.79 Å². The number of nitrogens with two attached hydrogens (primary N) is 1. The molecule has 0 bridgehead atoms. The van der Waals surface area contributed by atoms with Gasteiger partial charge in [0.15, 0.2) is 11.5 Å². The van der Waals surface area contributed by atoms with Crippen LogP contribution in [-0.4, -0.2) is 5.91 Å². The second-order valence-corrected chi connectivity index (χ2v) is 4.40. The van der Waals surface area contributed by atoms with Crippen LogP contribution in [0.3, 0.4) is 0 Å². The summed E-state index contributed by atoms with van der Waals surface area (Å²) in [6.07, 6.45) is 0. The van der Waals surface area contributed by atoms with Gasteiger partial charge in [-0.2, -0.15) is 0 Å². The van der Waals surface area contributed by atoms with Gasteiger partial charge in [0.1, 0.15) is 0 Å². The highest BCUT2D eigenvalue weighted by Crippen LogP contribution is 2.33. The number of hydrogen-bond donors (Lipinski definition) is 2. The summed E-state index contributed by atoms with van der Waals surface area (Å²) in [4.78, 5) is 11.1. The predicted octanol–water partition coefficient (Wildman–Crippen LogP) is 3.67. The molecule has 2 rings (SSSR count). The lowest BCUT2D eigenvalue weighted by Crippen LogP contribution is -2.06. The summed E-state index contributed by atoms with van der Waals surface area (Å²) in [7, 11) is 0. The molecule has 0 saturated carbocycles. The van der Waals surface area contributed by atoms with E-state index in [0.29, 0.717) is 27.9 Å². The monoisotopic (exact) mass is 276 g/mol. The number of nitrogen functional groups attached to an aromatic ring is 1. The molecule has 0 spiro atoms. The molecule has 0 aliphatic carbocycles. The molecule has 0 saturated heterocycles. The fraction of sp³-hybridized carbons (Fsp3) is 0.0714. The Labute approximate surface area is 116 Å². The van der Waals surface area contributed by atoms with Gasteiger partial charge in [-0.3, -0.25) is 4.79 Å². The quantitative estimate of drug-likeness (QED) is 0.841. The van der Waals surface area contributed by atoms with Crippen LogP contribution >= 0.6 is 11.6 Å². The smallest absolute Gasteiger partial charge is 0.221 e. The lowest BCUT2D eigenvalue weighted by molar-refractivity contribution is -0.114. The summed E-state index contributed by atoms with van der Waals surface area (Å²) in [5.41, 5.74) is 6.85. The van der Waals surface area contributed by atoms with E-state index in [2.05, 4.69) is 5.32 Å². The number of para-hydroxylation sites is 2. The number of ether oxygens (including phenoxy) is 1. The first kappa shape index (κ1) is 13.2. The second kappa shape index (κ2) is 5.63. The van der Waals surface area contributed by atoms with Crippen molar-refractivity contribution in [2.45, 2.75) is 6.92 Å². The lowest BCUT2D eigenvalue weighted by Gasteiger charge is -2.12. The van der Waals surface area contributed by atoms with Crippen LogP contribution in [0.5, 0.6) is 11.5 Å². The van der Waals surface area contributed by atoms with Crippen molar-refractivity contribution in [1.29, 1.82) is 0 Å². The van der Waals surface area contributed by atoms with Crippen LogP contribution in [0.15, 0.2) is 42.5 Å². The van der Waals surface area contributed by atoms with E-state index in [1.54, 1.807) is 30.3 Å². The van der Waals surface area contributed by atoms with Crippen LogP contribution in [0, 0.1) is 0 Å². The van der Waals surface area contributed by atoms with Gasteiger partial charge in [-0.15, -0.1) is 0 Å². The summed E-state index contributed by atoms with van der Waals surface area (Å²) in [6, 6.07) is 12.1. The van der Waals surface area contributed by atoms with E-state index < -0.39 is 0 Å². The molecule has 1 amide bonds. The van der Waals surface area contributed by atoms with E-state index in [4.69, 9.17) is 22.1 Å². The second-order valence-electron chi connectivity index (χ2n) is 3.96. The minimum atomic E-state index is -0.167. The zero-order valence-electron chi connectivity index (χ0n) is 10.3. The fourth-order valence-corrected chi connectivity index (χ4v) is 1.76. The largest absolute Gasteiger partial charge is 0.453 e. The van der Waals surface area contributed by atoms with Gasteiger partial charge in [-0.1, -0.05) is 23.7 Å². The fourth-order valence-electron chi connectivity index (χ4n) is 1.58. The van der Waals surface area contributed by atoms with Gasteiger partial charge < -0.3 is 15.8 Å². The van der Waals surface area contributed by atoms with Crippen molar-refractivity contribution in [2.75, 3.05) is 11.1 Å². The first-order chi connectivity index (χ1) is 9.06. The third-order valence-corrected chi connectivity index (χ3v) is 2.62. The maximum absolute atomic E-state index is 11.1. The number of carbonyl (C=O) groups is 1. The molecule has 0 aliphatic heterocycles. The highest BCUT2D eigenvalue weighted by molar-refractivity contribution is 6.30. The van der Waals surface area contributed by atoms with E-state index >= 15 is 0 Å². The molecular formula is C14H13ClN2O2. The van der Waals surface area contributed by atoms with Gasteiger partial charge in [0.05, 0.1) is 11.4 Å². The molecule has 0 heterocycles. The Kier molecular flexibility index (Phi) is 3.92. The third-order valence-electron chi connectivity index (χ3n) is 2.39. The number of carbonyl (C=O) groups excluding carboxylic acids is 1. The van der Waals surface area contributed by atoms with Crippen LogP contribution in [0.2, 0.25) is 5.02 Å². The molecule has 3 N–H and O–H groups in total. The van der Waals surface area contributed by atoms with Crippen molar-refractivity contribution in [2.24, 2.45) is 0 Å². The number of amides is 1.